The third-order valence-electron chi connectivity index (χ3n) is 6.28. The number of hydrogen-bond donors (Lipinski definition) is 1. The third-order valence-corrected chi connectivity index (χ3v) is 6.28. The summed E-state index contributed by atoms with van der Waals surface area (Å²) in [6.45, 7) is 6.01. The number of ether oxygens (including phenoxy) is 1. The van der Waals surface area contributed by atoms with E-state index in [-0.39, 0.29) is 30.3 Å². The van der Waals surface area contributed by atoms with Crippen molar-refractivity contribution in [2.75, 3.05) is 19.0 Å². The van der Waals surface area contributed by atoms with E-state index in [1.165, 1.54) is 11.8 Å². The Balaban J connectivity index is 1.80. The minimum atomic E-state index is -0.281. The number of amides is 2. The lowest BCUT2D eigenvalue weighted by Crippen LogP contribution is -2.33. The average molecular weight is 415 g/mol. The predicted octanol–water partition coefficient (Wildman–Crippen LogP) is 4.43. The van der Waals surface area contributed by atoms with Gasteiger partial charge in [0.25, 0.3) is 5.91 Å². The van der Waals surface area contributed by atoms with E-state index in [1.807, 2.05) is 36.4 Å². The van der Waals surface area contributed by atoms with Gasteiger partial charge in [-0.25, -0.2) is 0 Å². The van der Waals surface area contributed by atoms with Crippen molar-refractivity contribution in [2.24, 2.45) is 0 Å². The molecule has 0 spiro atoms. The van der Waals surface area contributed by atoms with Crippen molar-refractivity contribution in [3.8, 4) is 5.75 Å². The molecule has 6 heteroatoms. The van der Waals surface area contributed by atoms with Crippen molar-refractivity contribution in [2.45, 2.75) is 32.7 Å². The van der Waals surface area contributed by atoms with Gasteiger partial charge in [0, 0.05) is 41.9 Å². The highest BCUT2D eigenvalue weighted by Crippen LogP contribution is 2.47. The Morgan fingerprint density at radius 2 is 1.90 bits per heavy atom. The molecule has 0 saturated carbocycles. The third kappa shape index (κ3) is 2.86. The zero-order valence-corrected chi connectivity index (χ0v) is 18.1. The quantitative estimate of drug-likeness (QED) is 0.687. The summed E-state index contributed by atoms with van der Waals surface area (Å²) in [5, 5.41) is 4.62. The van der Waals surface area contributed by atoms with Gasteiger partial charge in [-0.05, 0) is 49.2 Å². The zero-order valence-electron chi connectivity index (χ0n) is 18.1. The number of carbonyl (C=O) groups is 2. The second kappa shape index (κ2) is 7.01. The smallest absolute Gasteiger partial charge is 0.259 e. The molecule has 1 N–H and O–H groups in total. The van der Waals surface area contributed by atoms with Gasteiger partial charge < -0.3 is 14.6 Å². The second-order valence-corrected chi connectivity index (χ2v) is 8.42. The Hall–Kier alpha value is -3.54. The lowest BCUT2D eigenvalue weighted by Gasteiger charge is -2.19. The summed E-state index contributed by atoms with van der Waals surface area (Å²) in [4.78, 5) is 26.9. The van der Waals surface area contributed by atoms with Crippen molar-refractivity contribution in [3.63, 3.8) is 0 Å². The summed E-state index contributed by atoms with van der Waals surface area (Å²) >= 11 is 0. The first kappa shape index (κ1) is 19.4. The molecule has 1 atom stereocenters. The zero-order chi connectivity index (χ0) is 21.9. The number of methoxy groups -OCH3 is 1. The molecule has 0 fully saturated rings. The van der Waals surface area contributed by atoms with E-state index in [9.17, 15) is 9.59 Å². The van der Waals surface area contributed by atoms with Gasteiger partial charge >= 0.3 is 0 Å². The van der Waals surface area contributed by atoms with Gasteiger partial charge in [0.2, 0.25) is 5.91 Å². The Morgan fingerprint density at radius 1 is 1.16 bits per heavy atom. The molecule has 3 heterocycles. The first-order chi connectivity index (χ1) is 14.9. The Kier molecular flexibility index (Phi) is 4.39. The van der Waals surface area contributed by atoms with Crippen LogP contribution in [0.15, 0.2) is 59.9 Å². The van der Waals surface area contributed by atoms with Crippen molar-refractivity contribution in [3.05, 3.63) is 71.1 Å². The van der Waals surface area contributed by atoms with Gasteiger partial charge in [-0.15, -0.1) is 0 Å². The van der Waals surface area contributed by atoms with E-state index in [0.29, 0.717) is 5.57 Å². The summed E-state index contributed by atoms with van der Waals surface area (Å²) in [5.41, 5.74) is 5.59. The number of nitrogens with zero attached hydrogens (tertiary/aromatic N) is 2. The number of rotatable bonds is 3. The van der Waals surface area contributed by atoms with Gasteiger partial charge in [-0.2, -0.15) is 0 Å². The number of anilines is 1. The molecule has 6 nitrogen and oxygen atoms in total. The molecular formula is C25H25N3O3. The fourth-order valence-corrected chi connectivity index (χ4v) is 4.80. The van der Waals surface area contributed by atoms with Gasteiger partial charge in [-0.3, -0.25) is 14.5 Å². The molecule has 1 aromatic heterocycles. The maximum absolute atomic E-state index is 13.4. The molecule has 2 aliphatic heterocycles. The maximum Gasteiger partial charge on any atom is 0.259 e. The molecule has 0 radical (unpaired) electrons. The van der Waals surface area contributed by atoms with Crippen LogP contribution in [0.1, 0.15) is 43.9 Å². The van der Waals surface area contributed by atoms with Gasteiger partial charge in [0.15, 0.2) is 0 Å². The fraction of sp³-hybridized carbons (Fsp3) is 0.280. The summed E-state index contributed by atoms with van der Waals surface area (Å²) < 4.78 is 7.59. The number of imide groups is 1. The molecule has 0 aliphatic carbocycles. The van der Waals surface area contributed by atoms with Crippen LogP contribution in [0.4, 0.5) is 5.69 Å². The number of aromatic nitrogens is 1. The van der Waals surface area contributed by atoms with Crippen LogP contribution in [0.2, 0.25) is 0 Å². The van der Waals surface area contributed by atoms with Crippen LogP contribution in [0.25, 0.3) is 10.9 Å². The molecule has 0 unspecified atom stereocenters. The highest BCUT2D eigenvalue weighted by Gasteiger charge is 2.41. The van der Waals surface area contributed by atoms with Crippen LogP contribution in [0.3, 0.4) is 0 Å². The minimum Gasteiger partial charge on any atom is -0.497 e. The van der Waals surface area contributed by atoms with Crippen LogP contribution in [0.5, 0.6) is 5.75 Å². The number of benzene rings is 2. The van der Waals surface area contributed by atoms with Crippen LogP contribution in [-0.2, 0) is 9.59 Å². The molecule has 2 aromatic carbocycles. The largest absolute Gasteiger partial charge is 0.497 e. The molecule has 31 heavy (non-hydrogen) atoms. The standard InChI is InChI=1S/C25H25N3O3/c1-14(2)27-12-18-22(16-8-10-17(31-4)11-9-16)24-20(13-28(15(3)29)25(24)30)26-19-6-5-7-21(27)23(18)19/h5-12,14,22,26H,13H2,1-4H3/t22-/m0/s1. The van der Waals surface area contributed by atoms with Gasteiger partial charge in [0.05, 0.1) is 24.7 Å². The Bertz CT molecular complexity index is 1250. The van der Waals surface area contributed by atoms with Gasteiger partial charge in [-0.1, -0.05) is 18.2 Å². The highest BCUT2D eigenvalue weighted by atomic mass is 16.5. The lowest BCUT2D eigenvalue weighted by molar-refractivity contribution is -0.139. The topological polar surface area (TPSA) is 63.6 Å². The first-order valence-electron chi connectivity index (χ1n) is 10.5. The predicted molar refractivity (Wildman–Crippen MR) is 120 cm³/mol. The van der Waals surface area contributed by atoms with E-state index >= 15 is 0 Å². The molecule has 158 valence electrons. The normalized spacial score (nSPS) is 17.8. The average Bonchev–Trinajstić information content (AvgIpc) is 3.25. The minimum absolute atomic E-state index is 0.228. The molecule has 3 aromatic rings. The van der Waals surface area contributed by atoms with Crippen LogP contribution in [0, 0.1) is 0 Å². The molecule has 0 saturated heterocycles. The SMILES string of the molecule is COc1ccc([C@@H]2C3=C(CN(C(C)=O)C3=O)Nc3cccc4c3c2cn4C(C)C)cc1. The van der Waals surface area contributed by atoms with Crippen molar-refractivity contribution in [1.29, 1.82) is 0 Å². The molecule has 5 rings (SSSR count). The van der Waals surface area contributed by atoms with E-state index < -0.39 is 0 Å². The summed E-state index contributed by atoms with van der Waals surface area (Å²) in [5.74, 6) is 0.00937. The monoisotopic (exact) mass is 415 g/mol. The van der Waals surface area contributed by atoms with E-state index in [4.69, 9.17) is 4.74 Å². The van der Waals surface area contributed by atoms with E-state index in [2.05, 4.69) is 36.0 Å². The maximum atomic E-state index is 13.4. The van der Waals surface area contributed by atoms with Crippen molar-refractivity contribution in [1.82, 2.24) is 9.47 Å². The van der Waals surface area contributed by atoms with Crippen molar-refractivity contribution < 1.29 is 14.3 Å². The van der Waals surface area contributed by atoms with E-state index in [1.54, 1.807) is 7.11 Å². The number of carbonyl (C=O) groups excluding carboxylic acids is 2. The number of nitrogens with one attached hydrogen (secondary N) is 1. The molecular weight excluding hydrogens is 390 g/mol. The summed E-state index contributed by atoms with van der Waals surface area (Å²) in [7, 11) is 1.64. The fourth-order valence-electron chi connectivity index (χ4n) is 4.80. The summed E-state index contributed by atoms with van der Waals surface area (Å²) in [6.07, 6.45) is 2.16. The van der Waals surface area contributed by atoms with Crippen LogP contribution in [-0.4, -0.2) is 34.9 Å². The lowest BCUT2D eigenvalue weighted by atomic mass is 9.84. The van der Waals surface area contributed by atoms with Gasteiger partial charge in [0.1, 0.15) is 5.75 Å². The molecule has 0 bridgehead atoms. The second-order valence-electron chi connectivity index (χ2n) is 8.42. The molecule has 2 amide bonds. The Morgan fingerprint density at radius 3 is 2.55 bits per heavy atom. The van der Waals surface area contributed by atoms with Crippen molar-refractivity contribution >= 4 is 28.4 Å². The first-order valence-corrected chi connectivity index (χ1v) is 10.5. The van der Waals surface area contributed by atoms with Crippen LogP contribution < -0.4 is 10.1 Å². The van der Waals surface area contributed by atoms with Crippen LogP contribution >= 0.6 is 0 Å². The highest BCUT2D eigenvalue weighted by molar-refractivity contribution is 6.11. The molecule has 2 aliphatic rings. The number of hydrogen-bond acceptors (Lipinski definition) is 4. The Labute approximate surface area is 181 Å². The van der Waals surface area contributed by atoms with E-state index in [0.717, 1.165) is 39.2 Å². The summed E-state index contributed by atoms with van der Waals surface area (Å²) in [6, 6.07) is 14.3.